The van der Waals surface area contributed by atoms with Crippen LogP contribution in [-0.2, 0) is 7.05 Å². The van der Waals surface area contributed by atoms with Crippen molar-refractivity contribution < 1.29 is 14.4 Å². The van der Waals surface area contributed by atoms with E-state index in [0.29, 0.717) is 68.3 Å². The largest absolute Gasteiger partial charge is 0.356 e. The van der Waals surface area contributed by atoms with Gasteiger partial charge in [0.05, 0.1) is 73.0 Å². The Morgan fingerprint density at radius 3 is 1.38 bits per heavy atom. The van der Waals surface area contributed by atoms with Gasteiger partial charge in [0.15, 0.2) is 22.6 Å². The lowest BCUT2D eigenvalue weighted by atomic mass is 9.97. The van der Waals surface area contributed by atoms with E-state index < -0.39 is 0 Å². The average molecular weight is 1420 g/mol. The molecule has 6 atom stereocenters. The van der Waals surface area contributed by atoms with Crippen LogP contribution >= 0.6 is 46.4 Å². The Morgan fingerprint density at radius 1 is 0.475 bits per heavy atom. The Balaban J connectivity index is 0.000000127. The third-order valence-electron chi connectivity index (χ3n) is 20.5. The Labute approximate surface area is 596 Å². The van der Waals surface area contributed by atoms with E-state index in [9.17, 15) is 14.4 Å². The number of carbonyl (C=O) groups excluding carboxylic acids is 3. The molecule has 3 amide bonds. The number of fused-ring (bicyclic) bond motifs is 4. The van der Waals surface area contributed by atoms with E-state index >= 15 is 0 Å². The van der Waals surface area contributed by atoms with Crippen molar-refractivity contribution in [1.82, 2.24) is 73.3 Å². The van der Waals surface area contributed by atoms with Crippen molar-refractivity contribution >= 4 is 110 Å². The second-order valence-electron chi connectivity index (χ2n) is 28.1. The van der Waals surface area contributed by atoms with Crippen LogP contribution in [0.1, 0.15) is 180 Å². The Bertz CT molecular complexity index is 4720. The zero-order valence-corrected chi connectivity index (χ0v) is 60.3. The summed E-state index contributed by atoms with van der Waals surface area (Å²) in [7, 11) is 1.85. The number of nitrogens with two attached hydrogens (primary N) is 1. The molecule has 22 nitrogen and oxygen atoms in total. The van der Waals surface area contributed by atoms with Crippen molar-refractivity contribution in [3.8, 4) is 0 Å². The van der Waals surface area contributed by atoms with Crippen LogP contribution in [0, 0.1) is 39.5 Å². The summed E-state index contributed by atoms with van der Waals surface area (Å²) in [5.41, 5.74) is 17.7. The number of amides is 3. The summed E-state index contributed by atoms with van der Waals surface area (Å²) in [5, 5.41) is 21.4. The third-order valence-corrected chi connectivity index (χ3v) is 21.9. The number of hydrogen-bond acceptors (Lipinski definition) is 15. The summed E-state index contributed by atoms with van der Waals surface area (Å²) in [6.07, 6.45) is 20.0. The van der Waals surface area contributed by atoms with Crippen LogP contribution in [0.25, 0.3) is 28.0 Å². The molecule has 99 heavy (non-hydrogen) atoms. The van der Waals surface area contributed by atoms with Crippen LogP contribution in [0.15, 0.2) is 85.5 Å². The molecule has 0 unspecified atom stereocenters. The van der Waals surface area contributed by atoms with E-state index in [1.165, 1.54) is 12.8 Å². The molecule has 6 fully saturated rings. The van der Waals surface area contributed by atoms with E-state index in [4.69, 9.17) is 82.4 Å². The normalized spacial score (nSPS) is 21.3. The van der Waals surface area contributed by atoms with E-state index in [2.05, 4.69) is 65.6 Å². The number of anilines is 3. The molecular formula is C73H85Cl4N19O3. The summed E-state index contributed by atoms with van der Waals surface area (Å²) < 4.78 is 7.26. The number of aryl methyl sites for hydroxylation is 5. The van der Waals surface area contributed by atoms with Gasteiger partial charge in [-0.3, -0.25) is 19.1 Å². The van der Waals surface area contributed by atoms with Crippen LogP contribution in [-0.4, -0.2) is 156 Å². The topological polar surface area (TPSA) is 218 Å². The minimum absolute atomic E-state index is 0.00568. The second kappa shape index (κ2) is 28.5. The van der Waals surface area contributed by atoms with Gasteiger partial charge in [0.1, 0.15) is 17.5 Å². The maximum absolute atomic E-state index is 13.9. The summed E-state index contributed by atoms with van der Waals surface area (Å²) in [6.45, 7) is 20.7. The Hall–Kier alpha value is -8.15. The zero-order chi connectivity index (χ0) is 69.1. The molecule has 26 heteroatoms. The van der Waals surface area contributed by atoms with Crippen LogP contribution in [0.2, 0.25) is 20.1 Å². The molecular weight excluding hydrogens is 1330 g/mol. The molecule has 10 aromatic rings. The van der Waals surface area contributed by atoms with Gasteiger partial charge in [0.25, 0.3) is 17.7 Å². The first-order valence-corrected chi connectivity index (χ1v) is 36.4. The number of aromatic nitrogens is 12. The molecule has 8 aromatic heterocycles. The lowest BCUT2D eigenvalue weighted by molar-refractivity contribution is 0.0599. The van der Waals surface area contributed by atoms with Crippen molar-refractivity contribution in [2.45, 2.75) is 143 Å². The number of pyridine rings is 1. The molecule has 518 valence electrons. The van der Waals surface area contributed by atoms with E-state index in [-0.39, 0.29) is 41.9 Å². The van der Waals surface area contributed by atoms with Gasteiger partial charge in [0.2, 0.25) is 0 Å². The fourth-order valence-electron chi connectivity index (χ4n) is 15.4. The summed E-state index contributed by atoms with van der Waals surface area (Å²) in [5.74, 6) is 4.29. The summed E-state index contributed by atoms with van der Waals surface area (Å²) in [4.78, 5) is 72.8. The van der Waals surface area contributed by atoms with E-state index in [0.717, 1.165) is 188 Å². The van der Waals surface area contributed by atoms with Crippen molar-refractivity contribution in [1.29, 1.82) is 0 Å². The first kappa shape index (κ1) is 68.0. The molecule has 0 bridgehead atoms. The quantitative estimate of drug-likeness (QED) is 0.142. The molecule has 0 spiro atoms. The maximum Gasteiger partial charge on any atom is 0.255 e. The number of piperidine rings is 3. The Kier molecular flexibility index (Phi) is 19.6. The van der Waals surface area contributed by atoms with Crippen LogP contribution in [0.5, 0.6) is 0 Å². The first-order valence-electron chi connectivity index (χ1n) is 34.9. The molecule has 0 saturated carbocycles. The minimum Gasteiger partial charge on any atom is -0.356 e. The predicted octanol–water partition coefficient (Wildman–Crippen LogP) is 13.6. The van der Waals surface area contributed by atoms with Gasteiger partial charge in [-0.05, 0) is 159 Å². The van der Waals surface area contributed by atoms with Crippen molar-refractivity contribution in [3.63, 3.8) is 0 Å². The molecule has 0 radical (unpaired) electrons. The van der Waals surface area contributed by atoms with Crippen molar-refractivity contribution in [2.75, 3.05) is 73.6 Å². The maximum atomic E-state index is 13.9. The highest BCUT2D eigenvalue weighted by molar-refractivity contribution is 6.42. The van der Waals surface area contributed by atoms with Crippen LogP contribution in [0.4, 0.5) is 17.5 Å². The Morgan fingerprint density at radius 2 is 0.929 bits per heavy atom. The highest BCUT2D eigenvalue weighted by Crippen LogP contribution is 2.39. The lowest BCUT2D eigenvalue weighted by Crippen LogP contribution is -2.38. The minimum atomic E-state index is -0.108. The zero-order valence-electron chi connectivity index (χ0n) is 57.3. The molecule has 6 aliphatic heterocycles. The standard InChI is InChI=1S/C25H31N9O.2C24H27Cl2N5O/c1-15-13-34-22(29-23(15)32-9-7-17(26)14-32)11-20(30-34)21-6-4-5-8-33(21)25(35)18-10-16(2)28-24-19(18)12-27-31(24)3;1-15-8-10-29(13-15)23-16(2)14-31-22(27-23)12-20(28-31)21-5-3-4-9-30(21)24(32)18-11-17(25)6-7-19(18)26;1-15-8-10-29(13-15)23-16(2)14-31-22(27-23)12-20(28-31)21-5-3-4-9-30(21)24(32)17-6-7-18(25)19(26)11-17/h10-13,17,21H,4-9,14,26H2,1-3H3;2*6-7,11-12,14-15,21H,3-5,8-10,13H2,1-2H3/t17-,21-;2*15-,21-/m000/s1. The van der Waals surface area contributed by atoms with Crippen LogP contribution in [0.3, 0.4) is 0 Å². The average Bonchev–Trinajstić information content (AvgIpc) is 1.64. The first-order chi connectivity index (χ1) is 47.7. The molecule has 0 aliphatic carbocycles. The van der Waals surface area contributed by atoms with Gasteiger partial charge >= 0.3 is 0 Å². The molecule has 6 saturated heterocycles. The van der Waals surface area contributed by atoms with Gasteiger partial charge in [-0.15, -0.1) is 0 Å². The lowest BCUT2D eigenvalue weighted by Gasteiger charge is -2.35. The molecule has 2 aromatic carbocycles. The molecule has 6 aliphatic rings. The number of hydrogen-bond donors (Lipinski definition) is 1. The van der Waals surface area contributed by atoms with Crippen molar-refractivity contribution in [3.05, 3.63) is 162 Å². The fraction of sp³-hybridized carbons (Fsp3) is 0.466. The van der Waals surface area contributed by atoms with Gasteiger partial charge in [-0.25, -0.2) is 33.5 Å². The summed E-state index contributed by atoms with van der Waals surface area (Å²) in [6, 6.07) is 18.0. The smallest absolute Gasteiger partial charge is 0.255 e. The van der Waals surface area contributed by atoms with Gasteiger partial charge in [-0.2, -0.15) is 20.4 Å². The fourth-order valence-corrected chi connectivity index (χ4v) is 16.0. The van der Waals surface area contributed by atoms with Crippen LogP contribution < -0.4 is 20.4 Å². The highest BCUT2D eigenvalue weighted by Gasteiger charge is 2.36. The van der Waals surface area contributed by atoms with Gasteiger partial charge < -0.3 is 35.1 Å². The molecule has 2 N–H and O–H groups in total. The summed E-state index contributed by atoms with van der Waals surface area (Å²) >= 11 is 24.7. The number of nitrogens with zero attached hydrogens (tertiary/aromatic N) is 18. The molecule has 14 heterocycles. The number of benzene rings is 2. The second-order valence-corrected chi connectivity index (χ2v) is 29.8. The highest BCUT2D eigenvalue weighted by atomic mass is 35.5. The van der Waals surface area contributed by atoms with E-state index in [1.54, 1.807) is 47.3 Å². The number of carbonyl (C=O) groups is 3. The number of likely N-dealkylation sites (tertiary alicyclic amines) is 3. The number of halogens is 4. The third kappa shape index (κ3) is 14.0. The van der Waals surface area contributed by atoms with Gasteiger partial charge in [0, 0.05) is 142 Å². The number of rotatable bonds is 9. The van der Waals surface area contributed by atoms with E-state index in [1.807, 2.05) is 78.9 Å². The SMILES string of the molecule is Cc1cc(C(=O)N2CCCC[C@H]2c2cc3nc(N4CC[C@H](N)C4)c(C)cn3n2)c2cnn(C)c2n1.Cc1cn2nc([C@@H]3CCCCN3C(=O)c3cc(Cl)ccc3Cl)cc2nc1N1CC[C@H](C)C1.Cc1cn2nc([C@@H]3CCCCN3C(=O)c3ccc(Cl)c(Cl)c3)cc2nc1N1CC[C@H](C)C1. The van der Waals surface area contributed by atoms with Gasteiger partial charge in [-0.1, -0.05) is 60.3 Å². The monoisotopic (exact) mass is 1420 g/mol. The molecule has 16 rings (SSSR count). The predicted molar refractivity (Wildman–Crippen MR) is 389 cm³/mol. The van der Waals surface area contributed by atoms with Crippen molar-refractivity contribution in [2.24, 2.45) is 24.6 Å².